The Morgan fingerprint density at radius 1 is 0.846 bits per heavy atom. The third-order valence-corrected chi connectivity index (χ3v) is 4.59. The maximum absolute atomic E-state index is 12.2. The van der Waals surface area contributed by atoms with Crippen molar-refractivity contribution < 1.29 is 14.3 Å². The van der Waals surface area contributed by atoms with Gasteiger partial charge < -0.3 is 9.47 Å². The molecule has 3 nitrogen and oxygen atoms in total. The average molecular weight is 346 g/mol. The minimum Gasteiger partial charge on any atom is -0.496 e. The Balaban J connectivity index is 2.20. The van der Waals surface area contributed by atoms with E-state index in [1.54, 1.807) is 7.11 Å². The van der Waals surface area contributed by atoms with Gasteiger partial charge in [0.2, 0.25) is 0 Å². The Morgan fingerprint density at radius 3 is 2.19 bits per heavy atom. The molecule has 1 atom stereocenters. The van der Waals surface area contributed by atoms with Crippen LogP contribution in [0.25, 0.3) is 0 Å². The predicted octanol–water partition coefficient (Wildman–Crippen LogP) is 4.97. The van der Waals surface area contributed by atoms with Crippen molar-refractivity contribution in [1.82, 2.24) is 0 Å². The summed E-state index contributed by atoms with van der Waals surface area (Å²) in [7, 11) is 2.93. The molecule has 0 radical (unpaired) electrons. The predicted molar refractivity (Wildman–Crippen MR) is 103 cm³/mol. The van der Waals surface area contributed by atoms with Crippen LogP contribution in [0.3, 0.4) is 0 Å². The molecule has 0 aliphatic carbocycles. The van der Waals surface area contributed by atoms with Gasteiger partial charge in [-0.1, -0.05) is 60.7 Å². The first-order valence-electron chi connectivity index (χ1n) is 8.52. The second kappa shape index (κ2) is 7.87. The summed E-state index contributed by atoms with van der Waals surface area (Å²) in [4.78, 5) is 12.2. The second-order valence-corrected chi connectivity index (χ2v) is 6.15. The number of hydrogen-bond acceptors (Lipinski definition) is 3. The molecule has 0 heterocycles. The number of carbonyl (C=O) groups is 1. The molecule has 3 aromatic rings. The molecule has 26 heavy (non-hydrogen) atoms. The van der Waals surface area contributed by atoms with Crippen molar-refractivity contribution in [2.24, 2.45) is 0 Å². The minimum atomic E-state index is -0.403. The Morgan fingerprint density at radius 2 is 1.54 bits per heavy atom. The molecule has 1 unspecified atom stereocenters. The Labute approximate surface area is 154 Å². The first-order valence-corrected chi connectivity index (χ1v) is 8.52. The fourth-order valence-electron chi connectivity index (χ4n) is 3.28. The molecule has 0 fully saturated rings. The van der Waals surface area contributed by atoms with Crippen LogP contribution in [0.2, 0.25) is 0 Å². The number of methoxy groups -OCH3 is 2. The van der Waals surface area contributed by atoms with Gasteiger partial charge >= 0.3 is 5.97 Å². The Hall–Kier alpha value is -3.07. The van der Waals surface area contributed by atoms with Gasteiger partial charge in [0, 0.05) is 5.92 Å². The molecule has 0 saturated carbocycles. The normalized spacial score (nSPS) is 11.7. The largest absolute Gasteiger partial charge is 0.496 e. The van der Waals surface area contributed by atoms with Gasteiger partial charge in [-0.25, -0.2) is 4.79 Å². The summed E-state index contributed by atoms with van der Waals surface area (Å²) in [6.07, 6.45) is 0. The van der Waals surface area contributed by atoms with Crippen LogP contribution in [-0.2, 0) is 4.74 Å². The van der Waals surface area contributed by atoms with E-state index >= 15 is 0 Å². The lowest BCUT2D eigenvalue weighted by Gasteiger charge is -2.22. The molecule has 3 aromatic carbocycles. The van der Waals surface area contributed by atoms with Crippen LogP contribution in [0.1, 0.15) is 38.5 Å². The molecular weight excluding hydrogens is 324 g/mol. The van der Waals surface area contributed by atoms with E-state index in [0.717, 1.165) is 5.56 Å². The molecule has 0 bridgehead atoms. The molecular formula is C23H22O3. The van der Waals surface area contributed by atoms with Crippen molar-refractivity contribution in [3.8, 4) is 5.75 Å². The van der Waals surface area contributed by atoms with Crippen molar-refractivity contribution in [2.45, 2.75) is 12.8 Å². The maximum atomic E-state index is 12.2. The van der Waals surface area contributed by atoms with E-state index in [2.05, 4.69) is 31.2 Å². The number of carbonyl (C=O) groups excluding carboxylic acids is 1. The van der Waals surface area contributed by atoms with Crippen molar-refractivity contribution >= 4 is 5.97 Å². The number of esters is 1. The summed E-state index contributed by atoms with van der Waals surface area (Å²) < 4.78 is 10.3. The van der Waals surface area contributed by atoms with E-state index in [9.17, 15) is 4.79 Å². The highest BCUT2D eigenvalue weighted by Crippen LogP contribution is 2.35. The zero-order valence-electron chi connectivity index (χ0n) is 15.2. The quantitative estimate of drug-likeness (QED) is 0.483. The van der Waals surface area contributed by atoms with Crippen LogP contribution < -0.4 is 4.74 Å². The number of hydrogen-bond donors (Lipinski definition) is 0. The second-order valence-electron chi connectivity index (χ2n) is 6.15. The highest BCUT2D eigenvalue weighted by molar-refractivity contribution is 5.92. The van der Waals surface area contributed by atoms with Crippen molar-refractivity contribution in [2.75, 3.05) is 14.2 Å². The summed E-state index contributed by atoms with van der Waals surface area (Å²) in [5.41, 5.74) is 5.04. The SMILES string of the molecule is COC(=O)c1cc(C(c2ccccc2)c2ccccc2C)ccc1OC. The van der Waals surface area contributed by atoms with E-state index in [1.807, 2.05) is 48.5 Å². The molecule has 0 spiro atoms. The topological polar surface area (TPSA) is 35.5 Å². The van der Waals surface area contributed by atoms with Gasteiger partial charge in [0.1, 0.15) is 11.3 Å². The minimum absolute atomic E-state index is 0.0201. The highest BCUT2D eigenvalue weighted by Gasteiger charge is 2.21. The van der Waals surface area contributed by atoms with E-state index in [-0.39, 0.29) is 5.92 Å². The molecule has 132 valence electrons. The van der Waals surface area contributed by atoms with Gasteiger partial charge in [0.05, 0.1) is 14.2 Å². The number of benzene rings is 3. The van der Waals surface area contributed by atoms with Crippen LogP contribution in [-0.4, -0.2) is 20.2 Å². The molecule has 0 aromatic heterocycles. The molecule has 0 aliphatic heterocycles. The van der Waals surface area contributed by atoms with Crippen molar-refractivity contribution in [3.63, 3.8) is 0 Å². The fraction of sp³-hybridized carbons (Fsp3) is 0.174. The summed E-state index contributed by atoms with van der Waals surface area (Å²) in [6.45, 7) is 2.11. The van der Waals surface area contributed by atoms with Crippen molar-refractivity contribution in [1.29, 1.82) is 0 Å². The number of aryl methyl sites for hydroxylation is 1. The van der Waals surface area contributed by atoms with E-state index in [4.69, 9.17) is 9.47 Å². The lowest BCUT2D eigenvalue weighted by atomic mass is 9.82. The van der Waals surface area contributed by atoms with Gasteiger partial charge in [-0.15, -0.1) is 0 Å². The Kier molecular flexibility index (Phi) is 5.37. The molecule has 3 heteroatoms. The third-order valence-electron chi connectivity index (χ3n) is 4.59. The van der Waals surface area contributed by atoms with Gasteiger partial charge in [-0.2, -0.15) is 0 Å². The van der Waals surface area contributed by atoms with Crippen LogP contribution in [0.4, 0.5) is 0 Å². The third kappa shape index (κ3) is 3.47. The lowest BCUT2D eigenvalue weighted by Crippen LogP contribution is -2.09. The fourth-order valence-corrected chi connectivity index (χ4v) is 3.28. The average Bonchev–Trinajstić information content (AvgIpc) is 2.69. The van der Waals surface area contributed by atoms with Crippen molar-refractivity contribution in [3.05, 3.63) is 101 Å². The Bertz CT molecular complexity index is 900. The molecule has 0 saturated heterocycles. The monoisotopic (exact) mass is 346 g/mol. The lowest BCUT2D eigenvalue weighted by molar-refractivity contribution is 0.0597. The zero-order valence-corrected chi connectivity index (χ0v) is 15.2. The number of rotatable bonds is 5. The smallest absolute Gasteiger partial charge is 0.341 e. The van der Waals surface area contributed by atoms with Gasteiger partial charge in [0.15, 0.2) is 0 Å². The van der Waals surface area contributed by atoms with Gasteiger partial charge in [-0.05, 0) is 41.3 Å². The standard InChI is InChI=1S/C23H22O3/c1-16-9-7-8-12-19(16)22(17-10-5-4-6-11-17)18-13-14-21(25-2)20(15-18)23(24)26-3/h4-15,22H,1-3H3. The molecule has 0 aliphatic rings. The maximum Gasteiger partial charge on any atom is 0.341 e. The zero-order chi connectivity index (χ0) is 18.5. The van der Waals surface area contributed by atoms with Crippen LogP contribution in [0, 0.1) is 6.92 Å². The van der Waals surface area contributed by atoms with E-state index in [1.165, 1.54) is 23.8 Å². The molecule has 0 N–H and O–H groups in total. The number of ether oxygens (including phenoxy) is 2. The van der Waals surface area contributed by atoms with Gasteiger partial charge in [0.25, 0.3) is 0 Å². The molecule has 3 rings (SSSR count). The summed E-state index contributed by atoms with van der Waals surface area (Å²) in [6, 6.07) is 24.3. The first kappa shape index (κ1) is 17.7. The summed E-state index contributed by atoms with van der Waals surface area (Å²) in [5.74, 6) is 0.129. The van der Waals surface area contributed by atoms with Crippen LogP contribution in [0.15, 0.2) is 72.8 Å². The highest BCUT2D eigenvalue weighted by atomic mass is 16.5. The van der Waals surface area contributed by atoms with E-state index < -0.39 is 5.97 Å². The summed E-state index contributed by atoms with van der Waals surface area (Å²) in [5, 5.41) is 0. The summed E-state index contributed by atoms with van der Waals surface area (Å²) >= 11 is 0. The van der Waals surface area contributed by atoms with Crippen LogP contribution in [0.5, 0.6) is 5.75 Å². The van der Waals surface area contributed by atoms with Gasteiger partial charge in [-0.3, -0.25) is 0 Å². The first-order chi connectivity index (χ1) is 12.7. The van der Waals surface area contributed by atoms with Crippen LogP contribution >= 0.6 is 0 Å². The molecule has 0 amide bonds. The van der Waals surface area contributed by atoms with E-state index in [0.29, 0.717) is 11.3 Å².